The van der Waals surface area contributed by atoms with Gasteiger partial charge in [0.05, 0.1) is 6.54 Å². The number of H-pyrrole nitrogens is 1. The zero-order valence-electron chi connectivity index (χ0n) is 23.5. The fourth-order valence-corrected chi connectivity index (χ4v) is 4.67. The third-order valence-corrected chi connectivity index (χ3v) is 6.86. The second-order valence-corrected chi connectivity index (χ2v) is 10.2. The Morgan fingerprint density at radius 3 is 2.38 bits per heavy atom. The molecule has 1 heterocycles. The maximum atomic E-state index is 11.6. The molecule has 9 nitrogen and oxygen atoms in total. The molecule has 9 heteroatoms. The standard InChI is InChI=1S/C31H47N6O3/c32-27(13-6-1-2-7-21-38)14-8-12-25(17-16-24-10-4-3-5-11-24)18-19-28(37-29-15-9-20-35-29)26(22-30(39)40)23-36-31(33)34/h3-5,9-11,15-17,20,22,25,27-28,35,38H,1-2,6-8,12-14,18-19,21,23,32H2,(H,39,40)(H4,33,34,36)/q-1/b17-16+,26-22+/t25-,27-,28-/m1/s1. The van der Waals surface area contributed by atoms with Crippen molar-refractivity contribution >= 4 is 23.8 Å². The van der Waals surface area contributed by atoms with Crippen molar-refractivity contribution in [2.75, 3.05) is 13.2 Å². The minimum absolute atomic E-state index is 0.0706. The number of aromatic amines is 1. The minimum atomic E-state index is -1.06. The molecule has 0 aliphatic heterocycles. The molecule has 220 valence electrons. The van der Waals surface area contributed by atoms with Crippen LogP contribution in [0.25, 0.3) is 11.4 Å². The highest BCUT2D eigenvalue weighted by molar-refractivity contribution is 5.81. The number of hydrogen-bond acceptors (Lipinski definition) is 4. The molecule has 40 heavy (non-hydrogen) atoms. The molecule has 0 saturated heterocycles. The monoisotopic (exact) mass is 551 g/mol. The summed E-state index contributed by atoms with van der Waals surface area (Å²) in [5.74, 6) is -0.207. The number of carbonyl (C=O) groups is 1. The number of nitrogens with zero attached hydrogens (tertiary/aromatic N) is 2. The van der Waals surface area contributed by atoms with Crippen LogP contribution in [-0.4, -0.2) is 52.4 Å². The molecule has 0 fully saturated rings. The van der Waals surface area contributed by atoms with Gasteiger partial charge < -0.3 is 37.7 Å². The second-order valence-electron chi connectivity index (χ2n) is 10.2. The summed E-state index contributed by atoms with van der Waals surface area (Å²) < 4.78 is 0. The van der Waals surface area contributed by atoms with Crippen molar-refractivity contribution in [3.8, 4) is 0 Å². The van der Waals surface area contributed by atoms with Crippen LogP contribution in [0.2, 0.25) is 0 Å². The highest BCUT2D eigenvalue weighted by atomic mass is 16.4. The van der Waals surface area contributed by atoms with Gasteiger partial charge in [-0.1, -0.05) is 92.3 Å². The van der Waals surface area contributed by atoms with Crippen molar-refractivity contribution in [1.29, 1.82) is 0 Å². The number of allylic oxidation sites excluding steroid dienone is 1. The SMILES string of the molecule is NC(N)=NC/C(=C\C(=O)O)[C@@H](CC[C@@H](/C=C/c1ccccc1)CCC[C@H](N)CCCCCCO)[N-]c1ccc[nH]1. The average molecular weight is 552 g/mol. The Kier molecular flexibility index (Phi) is 15.9. The zero-order chi connectivity index (χ0) is 29.0. The summed E-state index contributed by atoms with van der Waals surface area (Å²) in [6.07, 6.45) is 16.8. The van der Waals surface area contributed by atoms with Crippen molar-refractivity contribution in [3.63, 3.8) is 0 Å². The Morgan fingerprint density at radius 2 is 1.70 bits per heavy atom. The molecular formula is C31H47N6O3-. The van der Waals surface area contributed by atoms with Crippen LogP contribution >= 0.6 is 0 Å². The molecule has 0 saturated carbocycles. The number of aliphatic hydroxyl groups excluding tert-OH is 1. The third kappa shape index (κ3) is 14.6. The number of aliphatic hydroxyl groups is 1. The van der Waals surface area contributed by atoms with E-state index in [1.807, 2.05) is 30.3 Å². The predicted octanol–water partition coefficient (Wildman–Crippen LogP) is 5.22. The molecule has 2 rings (SSSR count). The van der Waals surface area contributed by atoms with Gasteiger partial charge in [0.25, 0.3) is 0 Å². The van der Waals surface area contributed by atoms with Crippen LogP contribution in [0.4, 0.5) is 5.82 Å². The van der Waals surface area contributed by atoms with E-state index >= 15 is 0 Å². The van der Waals surface area contributed by atoms with Gasteiger partial charge in [-0.3, -0.25) is 0 Å². The van der Waals surface area contributed by atoms with E-state index in [4.69, 9.17) is 27.6 Å². The Bertz CT molecular complexity index is 1030. The molecule has 0 aliphatic rings. The lowest BCUT2D eigenvalue weighted by atomic mass is 9.90. The van der Waals surface area contributed by atoms with Gasteiger partial charge in [-0.05, 0) is 61.6 Å². The third-order valence-electron chi connectivity index (χ3n) is 6.86. The maximum Gasteiger partial charge on any atom is 0.328 e. The Balaban J connectivity index is 2.09. The molecule has 3 atom stereocenters. The maximum absolute atomic E-state index is 11.6. The van der Waals surface area contributed by atoms with E-state index in [9.17, 15) is 9.90 Å². The molecule has 1 aromatic carbocycles. The number of carboxylic acids is 1. The molecule has 2 aromatic rings. The number of rotatable bonds is 21. The molecule has 1 aromatic heterocycles. The van der Waals surface area contributed by atoms with Crippen LogP contribution in [0.1, 0.15) is 69.8 Å². The highest BCUT2D eigenvalue weighted by Gasteiger charge is 2.16. The number of nitrogens with one attached hydrogen (secondary N) is 1. The van der Waals surface area contributed by atoms with E-state index < -0.39 is 12.0 Å². The van der Waals surface area contributed by atoms with Gasteiger partial charge in [0.15, 0.2) is 5.96 Å². The molecule has 0 amide bonds. The largest absolute Gasteiger partial charge is 0.478 e. The summed E-state index contributed by atoms with van der Waals surface area (Å²) in [6.45, 7) is 0.326. The number of guanidine groups is 1. The Labute approximate surface area is 238 Å². The first-order valence-electron chi connectivity index (χ1n) is 14.3. The van der Waals surface area contributed by atoms with Crippen molar-refractivity contribution in [3.05, 3.63) is 77.3 Å². The zero-order valence-corrected chi connectivity index (χ0v) is 23.5. The summed E-state index contributed by atoms with van der Waals surface area (Å²) in [6, 6.07) is 13.7. The van der Waals surface area contributed by atoms with Gasteiger partial charge in [-0.25, -0.2) is 9.79 Å². The van der Waals surface area contributed by atoms with Gasteiger partial charge in [-0.15, -0.1) is 0 Å². The Morgan fingerprint density at radius 1 is 0.950 bits per heavy atom. The van der Waals surface area contributed by atoms with Crippen molar-refractivity contribution < 1.29 is 15.0 Å². The molecule has 0 unspecified atom stereocenters. The number of carboxylic acid groups (broad SMARTS) is 1. The Hall–Kier alpha value is -3.56. The number of nitrogens with two attached hydrogens (primary N) is 3. The fraction of sp³-hybridized carbons (Fsp3) is 0.484. The van der Waals surface area contributed by atoms with E-state index in [2.05, 4.69) is 34.3 Å². The number of benzene rings is 1. The summed E-state index contributed by atoms with van der Waals surface area (Å²) >= 11 is 0. The fourth-order valence-electron chi connectivity index (χ4n) is 4.67. The van der Waals surface area contributed by atoms with Crippen molar-refractivity contribution in [1.82, 2.24) is 4.98 Å². The van der Waals surface area contributed by atoms with Crippen LogP contribution in [0.15, 0.2) is 71.4 Å². The molecule has 0 radical (unpaired) electrons. The summed E-state index contributed by atoms with van der Waals surface area (Å²) in [4.78, 5) is 18.8. The summed E-state index contributed by atoms with van der Waals surface area (Å²) in [7, 11) is 0. The minimum Gasteiger partial charge on any atom is -0.478 e. The molecule has 9 N–H and O–H groups in total. The van der Waals surface area contributed by atoms with Crippen LogP contribution in [0, 0.1) is 5.92 Å². The van der Waals surface area contributed by atoms with Gasteiger partial charge in [0.1, 0.15) is 0 Å². The molecular weight excluding hydrogens is 504 g/mol. The predicted molar refractivity (Wildman–Crippen MR) is 164 cm³/mol. The van der Waals surface area contributed by atoms with Gasteiger partial charge in [0.2, 0.25) is 0 Å². The van der Waals surface area contributed by atoms with Crippen molar-refractivity contribution in [2.24, 2.45) is 28.1 Å². The lowest BCUT2D eigenvalue weighted by Gasteiger charge is -2.28. The van der Waals surface area contributed by atoms with E-state index in [0.29, 0.717) is 17.8 Å². The first-order chi connectivity index (χ1) is 19.4. The number of aliphatic imine (C=N–C) groups is 1. The van der Waals surface area contributed by atoms with Gasteiger partial charge >= 0.3 is 5.97 Å². The molecule has 0 aliphatic carbocycles. The topological polar surface area (TPSA) is 178 Å². The van der Waals surface area contributed by atoms with Crippen LogP contribution in [0.5, 0.6) is 0 Å². The number of aromatic nitrogens is 1. The molecule has 0 spiro atoms. The summed E-state index contributed by atoms with van der Waals surface area (Å²) in [5, 5.41) is 23.3. The first-order valence-corrected chi connectivity index (χ1v) is 14.3. The first kappa shape index (κ1) is 32.7. The van der Waals surface area contributed by atoms with Gasteiger partial charge in [0, 0.05) is 18.7 Å². The van der Waals surface area contributed by atoms with E-state index in [-0.39, 0.29) is 31.1 Å². The van der Waals surface area contributed by atoms with Crippen LogP contribution in [-0.2, 0) is 4.79 Å². The van der Waals surface area contributed by atoms with Crippen molar-refractivity contribution in [2.45, 2.75) is 76.3 Å². The lowest BCUT2D eigenvalue weighted by Crippen LogP contribution is -2.24. The average Bonchev–Trinajstić information content (AvgIpc) is 3.45. The number of aliphatic carboxylic acids is 1. The number of hydrogen-bond donors (Lipinski definition) is 6. The number of unbranched alkanes of at least 4 members (excludes halogenated alkanes) is 3. The quantitative estimate of drug-likeness (QED) is 0.0535. The second kappa shape index (κ2) is 19.5. The van der Waals surface area contributed by atoms with Gasteiger partial charge in [-0.2, -0.15) is 0 Å². The van der Waals surface area contributed by atoms with E-state index in [1.165, 1.54) is 0 Å². The van der Waals surface area contributed by atoms with E-state index in [0.717, 1.165) is 69.4 Å². The highest BCUT2D eigenvalue weighted by Crippen LogP contribution is 2.30. The van der Waals surface area contributed by atoms with E-state index in [1.54, 1.807) is 6.20 Å². The molecule has 0 bridgehead atoms. The van der Waals surface area contributed by atoms with Crippen LogP contribution < -0.4 is 17.2 Å². The summed E-state index contributed by atoms with van der Waals surface area (Å²) in [5.41, 5.74) is 19.2. The smallest absolute Gasteiger partial charge is 0.328 e. The lowest BCUT2D eigenvalue weighted by molar-refractivity contribution is -0.131. The normalized spacial score (nSPS) is 14.1. The van der Waals surface area contributed by atoms with Crippen LogP contribution in [0.3, 0.4) is 0 Å².